The molecule has 0 spiro atoms. The minimum Gasteiger partial charge on any atom is -0.393 e. The van der Waals surface area contributed by atoms with Gasteiger partial charge >= 0.3 is 0 Å². The normalized spacial score (nSPS) is 33.3. The first-order valence-corrected chi connectivity index (χ1v) is 9.03. The summed E-state index contributed by atoms with van der Waals surface area (Å²) in [6.45, 7) is 3.14. The Balaban J connectivity index is 1.68. The molecule has 1 aromatic heterocycles. The van der Waals surface area contributed by atoms with Gasteiger partial charge in [-0.15, -0.1) is 11.3 Å². The SMILES string of the molecule is C[C@@H]1CC[C@H](O)[C@@H]([C@@H]2CCCN2C(=O)Cc2cccs2)C1. The van der Waals surface area contributed by atoms with Crippen LogP contribution in [0.25, 0.3) is 0 Å². The number of rotatable bonds is 3. The van der Waals surface area contributed by atoms with Crippen molar-refractivity contribution in [2.45, 2.75) is 57.6 Å². The molecule has 3 nitrogen and oxygen atoms in total. The van der Waals surface area contributed by atoms with Gasteiger partial charge in [-0.2, -0.15) is 0 Å². The zero-order chi connectivity index (χ0) is 14.8. The zero-order valence-electron chi connectivity index (χ0n) is 12.7. The Morgan fingerprint density at radius 1 is 1.43 bits per heavy atom. The lowest BCUT2D eigenvalue weighted by Crippen LogP contribution is -2.46. The van der Waals surface area contributed by atoms with Gasteiger partial charge in [0.1, 0.15) is 0 Å². The Bertz CT molecular complexity index is 473. The third kappa shape index (κ3) is 3.32. The van der Waals surface area contributed by atoms with Gasteiger partial charge in [0.2, 0.25) is 5.91 Å². The summed E-state index contributed by atoms with van der Waals surface area (Å²) in [6, 6.07) is 4.29. The van der Waals surface area contributed by atoms with E-state index in [2.05, 4.69) is 11.8 Å². The summed E-state index contributed by atoms with van der Waals surface area (Å²) in [7, 11) is 0. The van der Waals surface area contributed by atoms with Gasteiger partial charge in [-0.3, -0.25) is 4.79 Å². The van der Waals surface area contributed by atoms with E-state index >= 15 is 0 Å². The van der Waals surface area contributed by atoms with Crippen molar-refractivity contribution in [3.8, 4) is 0 Å². The van der Waals surface area contributed by atoms with Crippen LogP contribution in [0.3, 0.4) is 0 Å². The quantitative estimate of drug-likeness (QED) is 0.932. The van der Waals surface area contributed by atoms with Gasteiger partial charge in [-0.1, -0.05) is 13.0 Å². The Hall–Kier alpha value is -0.870. The number of carbonyl (C=O) groups excluding carboxylic acids is 1. The summed E-state index contributed by atoms with van der Waals surface area (Å²) in [4.78, 5) is 15.8. The number of amides is 1. The van der Waals surface area contributed by atoms with E-state index < -0.39 is 0 Å². The van der Waals surface area contributed by atoms with E-state index in [0.29, 0.717) is 12.3 Å². The van der Waals surface area contributed by atoms with Crippen molar-refractivity contribution in [3.63, 3.8) is 0 Å². The van der Waals surface area contributed by atoms with E-state index in [-0.39, 0.29) is 24.0 Å². The molecule has 2 aliphatic rings. The molecule has 1 aliphatic carbocycles. The van der Waals surface area contributed by atoms with Crippen LogP contribution in [0.15, 0.2) is 17.5 Å². The number of aliphatic hydroxyl groups is 1. The second kappa shape index (κ2) is 6.49. The fraction of sp³-hybridized carbons (Fsp3) is 0.706. The predicted molar refractivity (Wildman–Crippen MR) is 85.3 cm³/mol. The predicted octanol–water partition coefficient (Wildman–Crippen LogP) is 3.08. The van der Waals surface area contributed by atoms with Gasteiger partial charge in [0.05, 0.1) is 12.5 Å². The van der Waals surface area contributed by atoms with E-state index in [1.165, 1.54) is 0 Å². The van der Waals surface area contributed by atoms with Crippen molar-refractivity contribution in [2.24, 2.45) is 11.8 Å². The molecule has 3 rings (SSSR count). The Kier molecular flexibility index (Phi) is 4.65. The third-order valence-corrected chi connectivity index (χ3v) is 6.02. The molecular formula is C17H25NO2S. The largest absolute Gasteiger partial charge is 0.393 e. The second-order valence-electron chi connectivity index (χ2n) is 6.70. The monoisotopic (exact) mass is 307 g/mol. The van der Waals surface area contributed by atoms with E-state index in [0.717, 1.165) is 43.5 Å². The maximum absolute atomic E-state index is 12.6. The first kappa shape index (κ1) is 15.0. The number of nitrogens with zero attached hydrogens (tertiary/aromatic N) is 1. The van der Waals surface area contributed by atoms with Crippen LogP contribution in [-0.4, -0.2) is 34.6 Å². The minimum absolute atomic E-state index is 0.221. The molecular weight excluding hydrogens is 282 g/mol. The number of hydrogen-bond acceptors (Lipinski definition) is 3. The fourth-order valence-corrected chi connectivity index (χ4v) is 4.73. The smallest absolute Gasteiger partial charge is 0.228 e. The Morgan fingerprint density at radius 2 is 2.29 bits per heavy atom. The molecule has 1 amide bonds. The van der Waals surface area contributed by atoms with Crippen LogP contribution in [-0.2, 0) is 11.2 Å². The number of likely N-dealkylation sites (tertiary alicyclic amines) is 1. The molecule has 4 atom stereocenters. The first-order chi connectivity index (χ1) is 10.1. The van der Waals surface area contributed by atoms with Crippen LogP contribution in [0.1, 0.15) is 43.9 Å². The van der Waals surface area contributed by atoms with Crippen LogP contribution in [0, 0.1) is 11.8 Å². The molecule has 2 heterocycles. The van der Waals surface area contributed by atoms with Crippen LogP contribution in [0.5, 0.6) is 0 Å². The molecule has 116 valence electrons. The Labute approximate surface area is 131 Å². The molecule has 0 bridgehead atoms. The standard InChI is InChI=1S/C17H25NO2S/c1-12-6-7-16(19)14(10-12)15-5-2-8-18(15)17(20)11-13-4-3-9-21-13/h3-4,9,12,14-16,19H,2,5-8,10-11H2,1H3/t12-,14-,15+,16+/m1/s1. The molecule has 0 unspecified atom stereocenters. The number of thiophene rings is 1. The summed E-state index contributed by atoms with van der Waals surface area (Å²) in [5.74, 6) is 1.20. The van der Waals surface area contributed by atoms with Crippen molar-refractivity contribution in [3.05, 3.63) is 22.4 Å². The molecule has 1 saturated carbocycles. The summed E-state index contributed by atoms with van der Waals surface area (Å²) in [6.07, 6.45) is 5.52. The van der Waals surface area contributed by atoms with Gasteiger partial charge in [0.25, 0.3) is 0 Å². The van der Waals surface area contributed by atoms with Gasteiger partial charge in [-0.05, 0) is 49.5 Å². The fourth-order valence-electron chi connectivity index (χ4n) is 4.03. The molecule has 2 fully saturated rings. The summed E-state index contributed by atoms with van der Waals surface area (Å²) in [5.41, 5.74) is 0. The van der Waals surface area contributed by atoms with Crippen molar-refractivity contribution in [2.75, 3.05) is 6.54 Å². The van der Waals surface area contributed by atoms with Crippen molar-refractivity contribution < 1.29 is 9.90 Å². The van der Waals surface area contributed by atoms with Gasteiger partial charge in [0.15, 0.2) is 0 Å². The van der Waals surface area contributed by atoms with Crippen molar-refractivity contribution >= 4 is 17.2 Å². The minimum atomic E-state index is -0.221. The lowest BCUT2D eigenvalue weighted by Gasteiger charge is -2.39. The molecule has 1 N–H and O–H groups in total. The van der Waals surface area contributed by atoms with Gasteiger partial charge in [-0.25, -0.2) is 0 Å². The van der Waals surface area contributed by atoms with Crippen LogP contribution in [0.4, 0.5) is 0 Å². The molecule has 1 aromatic rings. The number of carbonyl (C=O) groups is 1. The molecule has 4 heteroatoms. The highest BCUT2D eigenvalue weighted by Crippen LogP contribution is 2.37. The van der Waals surface area contributed by atoms with Crippen molar-refractivity contribution in [1.82, 2.24) is 4.90 Å². The van der Waals surface area contributed by atoms with Crippen LogP contribution >= 0.6 is 11.3 Å². The average Bonchev–Trinajstić information content (AvgIpc) is 3.12. The third-order valence-electron chi connectivity index (χ3n) is 5.14. The first-order valence-electron chi connectivity index (χ1n) is 8.15. The van der Waals surface area contributed by atoms with Crippen molar-refractivity contribution in [1.29, 1.82) is 0 Å². The van der Waals surface area contributed by atoms with E-state index in [4.69, 9.17) is 0 Å². The van der Waals surface area contributed by atoms with Gasteiger partial charge in [0, 0.05) is 23.4 Å². The summed E-state index contributed by atoms with van der Waals surface area (Å²) in [5, 5.41) is 12.4. The second-order valence-corrected chi connectivity index (χ2v) is 7.73. The molecule has 0 aromatic carbocycles. The highest BCUT2D eigenvalue weighted by Gasteiger charge is 2.40. The molecule has 1 aliphatic heterocycles. The maximum Gasteiger partial charge on any atom is 0.228 e. The number of hydrogen-bond donors (Lipinski definition) is 1. The van der Waals surface area contributed by atoms with E-state index in [9.17, 15) is 9.90 Å². The van der Waals surface area contributed by atoms with Crippen LogP contribution in [0.2, 0.25) is 0 Å². The Morgan fingerprint density at radius 3 is 3.05 bits per heavy atom. The molecule has 0 radical (unpaired) electrons. The number of aliphatic hydroxyl groups excluding tert-OH is 1. The van der Waals surface area contributed by atoms with Crippen LogP contribution < -0.4 is 0 Å². The highest BCUT2D eigenvalue weighted by atomic mass is 32.1. The summed E-state index contributed by atoms with van der Waals surface area (Å²) < 4.78 is 0. The molecule has 21 heavy (non-hydrogen) atoms. The van der Waals surface area contributed by atoms with E-state index in [1.54, 1.807) is 11.3 Å². The maximum atomic E-state index is 12.6. The summed E-state index contributed by atoms with van der Waals surface area (Å²) >= 11 is 1.65. The lowest BCUT2D eigenvalue weighted by atomic mass is 9.76. The molecule has 1 saturated heterocycles. The van der Waals surface area contributed by atoms with Gasteiger partial charge < -0.3 is 10.0 Å². The zero-order valence-corrected chi connectivity index (χ0v) is 13.5. The van der Waals surface area contributed by atoms with E-state index in [1.807, 2.05) is 17.5 Å². The average molecular weight is 307 g/mol. The lowest BCUT2D eigenvalue weighted by molar-refractivity contribution is -0.133. The highest BCUT2D eigenvalue weighted by molar-refractivity contribution is 7.10. The topological polar surface area (TPSA) is 40.5 Å².